The Morgan fingerprint density at radius 1 is 0.909 bits per heavy atom. The first-order valence-electron chi connectivity index (χ1n) is 19.8. The number of hydrogen-bond acceptors (Lipinski definition) is 9. The van der Waals surface area contributed by atoms with Gasteiger partial charge in [0.15, 0.2) is 5.65 Å². The molecule has 5 heterocycles. The molecule has 2 saturated heterocycles. The maximum atomic E-state index is 13.8. The van der Waals surface area contributed by atoms with Crippen molar-refractivity contribution < 1.29 is 19.0 Å². The maximum absolute atomic E-state index is 13.8. The predicted octanol–water partition coefficient (Wildman–Crippen LogP) is 7.08. The molecule has 13 nitrogen and oxygen atoms in total. The number of anilines is 2. The fourth-order valence-corrected chi connectivity index (χ4v) is 7.87. The molecule has 290 valence electrons. The van der Waals surface area contributed by atoms with Gasteiger partial charge in [0.25, 0.3) is 0 Å². The van der Waals surface area contributed by atoms with E-state index in [9.17, 15) is 4.79 Å². The van der Waals surface area contributed by atoms with Crippen molar-refractivity contribution in [2.75, 3.05) is 56.2 Å². The van der Waals surface area contributed by atoms with Crippen LogP contribution < -0.4 is 25.0 Å². The van der Waals surface area contributed by atoms with E-state index in [-0.39, 0.29) is 23.6 Å². The zero-order valence-electron chi connectivity index (χ0n) is 32.4. The number of urea groups is 1. The molecular formula is C42H53N9O4. The highest BCUT2D eigenvalue weighted by Gasteiger charge is 2.31. The SMILES string of the molecule is CC1CCCCN1c1nnc2ccc(O[C@@H]3CC[C@H](NC(=O)Nc4cc(C(C)(C)C)nn4-c4cccc(OCCN5CCOCC5)c4)c4ccccc43)cn12. The van der Waals surface area contributed by atoms with Crippen LogP contribution in [0.3, 0.4) is 0 Å². The van der Waals surface area contributed by atoms with Crippen molar-refractivity contribution in [3.05, 3.63) is 89.7 Å². The summed E-state index contributed by atoms with van der Waals surface area (Å²) in [7, 11) is 0. The molecule has 2 aromatic carbocycles. The van der Waals surface area contributed by atoms with Gasteiger partial charge in [-0.25, -0.2) is 9.48 Å². The molecule has 55 heavy (non-hydrogen) atoms. The third-order valence-corrected chi connectivity index (χ3v) is 11.0. The van der Waals surface area contributed by atoms with Gasteiger partial charge < -0.3 is 24.4 Å². The van der Waals surface area contributed by atoms with Crippen LogP contribution in [0, 0.1) is 0 Å². The Morgan fingerprint density at radius 2 is 1.75 bits per heavy atom. The zero-order chi connectivity index (χ0) is 37.9. The maximum Gasteiger partial charge on any atom is 0.320 e. The molecule has 2 amide bonds. The summed E-state index contributed by atoms with van der Waals surface area (Å²) in [6.45, 7) is 14.4. The van der Waals surface area contributed by atoms with E-state index >= 15 is 0 Å². The number of carbonyl (C=O) groups excluding carboxylic acids is 1. The minimum Gasteiger partial charge on any atom is -0.492 e. The van der Waals surface area contributed by atoms with Gasteiger partial charge in [-0.15, -0.1) is 10.2 Å². The largest absolute Gasteiger partial charge is 0.492 e. The molecule has 0 spiro atoms. The average Bonchev–Trinajstić information content (AvgIpc) is 3.81. The fourth-order valence-electron chi connectivity index (χ4n) is 7.87. The second-order valence-corrected chi connectivity index (χ2v) is 16.0. The molecule has 3 atom stereocenters. The predicted molar refractivity (Wildman–Crippen MR) is 213 cm³/mol. The number of nitrogens with zero attached hydrogens (tertiary/aromatic N) is 7. The van der Waals surface area contributed by atoms with Crippen molar-refractivity contribution in [2.45, 2.75) is 83.4 Å². The molecular weight excluding hydrogens is 695 g/mol. The number of rotatable bonds is 10. The van der Waals surface area contributed by atoms with Crippen LogP contribution in [0.2, 0.25) is 0 Å². The number of amides is 2. The second kappa shape index (κ2) is 15.9. The number of pyridine rings is 1. The highest BCUT2D eigenvalue weighted by Crippen LogP contribution is 2.39. The van der Waals surface area contributed by atoms with E-state index in [4.69, 9.17) is 19.3 Å². The number of nitrogens with one attached hydrogen (secondary N) is 2. The molecule has 8 rings (SSSR count). The molecule has 0 bridgehead atoms. The van der Waals surface area contributed by atoms with E-state index < -0.39 is 0 Å². The molecule has 2 aliphatic heterocycles. The van der Waals surface area contributed by atoms with Crippen LogP contribution in [0.15, 0.2) is 72.9 Å². The summed E-state index contributed by atoms with van der Waals surface area (Å²) >= 11 is 0. The highest BCUT2D eigenvalue weighted by molar-refractivity contribution is 5.89. The number of ether oxygens (including phenoxy) is 3. The average molecular weight is 748 g/mol. The van der Waals surface area contributed by atoms with Crippen LogP contribution in [-0.4, -0.2) is 87.4 Å². The summed E-state index contributed by atoms with van der Waals surface area (Å²) < 4.78 is 22.1. The number of morpholine rings is 1. The van der Waals surface area contributed by atoms with E-state index in [2.05, 4.69) is 70.5 Å². The summed E-state index contributed by atoms with van der Waals surface area (Å²) in [6, 6.07) is 21.9. The van der Waals surface area contributed by atoms with Gasteiger partial charge >= 0.3 is 6.03 Å². The monoisotopic (exact) mass is 747 g/mol. The van der Waals surface area contributed by atoms with Crippen molar-refractivity contribution in [3.8, 4) is 17.2 Å². The number of benzene rings is 2. The summed E-state index contributed by atoms with van der Waals surface area (Å²) in [4.78, 5) is 18.5. The standard InChI is InChI=1S/C42H53N9O4/c1-29-10-7-8-19-49(29)41-46-45-38-18-15-32(28-50(38)41)55-36-17-16-35(33-13-5-6-14-34(33)36)43-40(52)44-39-27-37(42(2,3)4)47-51(39)30-11-9-12-31(26-30)54-25-22-48-20-23-53-24-21-48/h5-6,9,11-15,18,26-29,35-36H,7-8,10,16-17,19-25H2,1-4H3,(H2,43,44,52)/t29?,35-,36+/m0/s1. The third kappa shape index (κ3) is 8.28. The fraction of sp³-hybridized carbons (Fsp3) is 0.476. The van der Waals surface area contributed by atoms with Crippen molar-refractivity contribution in [3.63, 3.8) is 0 Å². The first-order valence-corrected chi connectivity index (χ1v) is 19.8. The van der Waals surface area contributed by atoms with Crippen LogP contribution in [0.1, 0.15) is 88.8 Å². The van der Waals surface area contributed by atoms with Crippen LogP contribution in [0.5, 0.6) is 11.5 Å². The van der Waals surface area contributed by atoms with Gasteiger partial charge in [-0.3, -0.25) is 14.6 Å². The highest BCUT2D eigenvalue weighted by atomic mass is 16.5. The summed E-state index contributed by atoms with van der Waals surface area (Å²) in [6.07, 6.45) is 6.85. The van der Waals surface area contributed by atoms with Crippen LogP contribution in [0.25, 0.3) is 11.3 Å². The molecule has 3 aromatic heterocycles. The van der Waals surface area contributed by atoms with Gasteiger partial charge in [-0.05, 0) is 74.4 Å². The van der Waals surface area contributed by atoms with Gasteiger partial charge in [0.2, 0.25) is 5.95 Å². The Morgan fingerprint density at radius 3 is 2.56 bits per heavy atom. The molecule has 2 N–H and O–H groups in total. The van der Waals surface area contributed by atoms with Crippen molar-refractivity contribution in [1.29, 1.82) is 0 Å². The zero-order valence-corrected chi connectivity index (χ0v) is 32.4. The Hall–Kier alpha value is -5.14. The molecule has 0 saturated carbocycles. The Kier molecular flexibility index (Phi) is 10.7. The van der Waals surface area contributed by atoms with Crippen molar-refractivity contribution >= 4 is 23.4 Å². The number of fused-ring (bicyclic) bond motifs is 2. The van der Waals surface area contributed by atoms with E-state index in [0.29, 0.717) is 18.5 Å². The molecule has 13 heteroatoms. The minimum atomic E-state index is -0.295. The van der Waals surface area contributed by atoms with E-state index in [0.717, 1.165) is 111 Å². The molecule has 2 fully saturated rings. The topological polar surface area (TPSA) is 123 Å². The van der Waals surface area contributed by atoms with Gasteiger partial charge in [-0.2, -0.15) is 5.10 Å². The Balaban J connectivity index is 0.961. The van der Waals surface area contributed by atoms with Crippen LogP contribution in [-0.2, 0) is 10.2 Å². The molecule has 3 aliphatic rings. The smallest absolute Gasteiger partial charge is 0.320 e. The summed E-state index contributed by atoms with van der Waals surface area (Å²) in [5, 5.41) is 20.3. The lowest BCUT2D eigenvalue weighted by molar-refractivity contribution is 0.0322. The van der Waals surface area contributed by atoms with Crippen LogP contribution >= 0.6 is 0 Å². The first-order chi connectivity index (χ1) is 26.7. The second-order valence-electron chi connectivity index (χ2n) is 16.0. The molecule has 1 unspecified atom stereocenters. The van der Waals surface area contributed by atoms with E-state index in [1.807, 2.05) is 65.2 Å². The first kappa shape index (κ1) is 36.8. The Labute approximate surface area is 323 Å². The molecule has 0 radical (unpaired) electrons. The van der Waals surface area contributed by atoms with Gasteiger partial charge in [0.1, 0.15) is 30.0 Å². The van der Waals surface area contributed by atoms with Crippen molar-refractivity contribution in [2.24, 2.45) is 0 Å². The molecule has 1 aliphatic carbocycles. The number of piperidine rings is 1. The minimum absolute atomic E-state index is 0.164. The lowest BCUT2D eigenvalue weighted by Crippen LogP contribution is -2.38. The summed E-state index contributed by atoms with van der Waals surface area (Å²) in [5.41, 5.74) is 4.36. The van der Waals surface area contributed by atoms with Crippen LogP contribution in [0.4, 0.5) is 16.6 Å². The Bertz CT molecular complexity index is 2100. The van der Waals surface area contributed by atoms with Gasteiger partial charge in [0, 0.05) is 49.8 Å². The lowest BCUT2D eigenvalue weighted by Gasteiger charge is -2.33. The quantitative estimate of drug-likeness (QED) is 0.154. The van der Waals surface area contributed by atoms with Gasteiger partial charge in [0.05, 0.1) is 36.8 Å². The number of aromatic nitrogens is 5. The number of hydrogen-bond donors (Lipinski definition) is 2. The number of carbonyl (C=O) groups is 1. The van der Waals surface area contributed by atoms with Crippen molar-refractivity contribution in [1.82, 2.24) is 34.6 Å². The normalized spacial score (nSPS) is 20.6. The summed E-state index contributed by atoms with van der Waals surface area (Å²) in [5.74, 6) is 2.96. The molecule has 5 aromatic rings. The van der Waals surface area contributed by atoms with E-state index in [1.165, 1.54) is 6.42 Å². The lowest BCUT2D eigenvalue weighted by atomic mass is 9.85. The third-order valence-electron chi connectivity index (χ3n) is 11.0. The van der Waals surface area contributed by atoms with Gasteiger partial charge in [-0.1, -0.05) is 51.1 Å². The van der Waals surface area contributed by atoms with E-state index in [1.54, 1.807) is 4.68 Å².